The van der Waals surface area contributed by atoms with E-state index in [0.717, 1.165) is 55.5 Å². The molecule has 9 aromatic rings. The molecule has 0 atom stereocenters. The SMILES string of the molecule is c1ccc(-c2ccc(-c3cccc(N(c4ccccc4)c4ccc(-c5ccc6ccc7c8ccccc8oc7c6c5)cc4)c3)cc2)cc1. The zero-order chi connectivity index (χ0) is 31.9. The molecule has 2 nitrogen and oxygen atoms in total. The van der Waals surface area contributed by atoms with E-state index in [2.05, 4.69) is 181 Å². The van der Waals surface area contributed by atoms with Gasteiger partial charge < -0.3 is 9.32 Å². The molecule has 1 aromatic heterocycles. The first-order valence-electron chi connectivity index (χ1n) is 16.3. The predicted octanol–water partition coefficient (Wildman–Crippen LogP) is 13.2. The Morgan fingerprint density at radius 3 is 1.60 bits per heavy atom. The lowest BCUT2D eigenvalue weighted by Crippen LogP contribution is -2.09. The molecule has 0 radical (unpaired) electrons. The predicted molar refractivity (Wildman–Crippen MR) is 202 cm³/mol. The third-order valence-corrected chi connectivity index (χ3v) is 9.26. The minimum absolute atomic E-state index is 0.920. The van der Waals surface area contributed by atoms with Crippen molar-refractivity contribution in [2.45, 2.75) is 0 Å². The standard InChI is InChI=1S/C46H31NO/c1-3-10-32(11-4-1)33-18-20-34(21-19-33)37-12-9-15-41(30-37)47(39-13-5-2-6-14-39)40-27-24-35(25-28-40)38-23-22-36-26-29-43-42-16-7-8-17-45(42)48-46(43)44(36)31-38/h1-31H. The third-order valence-electron chi connectivity index (χ3n) is 9.26. The van der Waals surface area contributed by atoms with E-state index in [-0.39, 0.29) is 0 Å². The number of fused-ring (bicyclic) bond motifs is 5. The quantitative estimate of drug-likeness (QED) is 0.185. The second-order valence-electron chi connectivity index (χ2n) is 12.2. The fourth-order valence-corrected chi connectivity index (χ4v) is 6.82. The highest BCUT2D eigenvalue weighted by molar-refractivity contribution is 6.15. The van der Waals surface area contributed by atoms with Crippen LogP contribution in [0.1, 0.15) is 0 Å². The van der Waals surface area contributed by atoms with Gasteiger partial charge in [-0.15, -0.1) is 0 Å². The highest BCUT2D eigenvalue weighted by Crippen LogP contribution is 2.39. The maximum atomic E-state index is 6.37. The molecule has 0 spiro atoms. The Bertz CT molecular complexity index is 2530. The summed E-state index contributed by atoms with van der Waals surface area (Å²) in [5, 5.41) is 4.61. The van der Waals surface area contributed by atoms with Crippen LogP contribution in [-0.4, -0.2) is 0 Å². The summed E-state index contributed by atoms with van der Waals surface area (Å²) in [7, 11) is 0. The van der Waals surface area contributed by atoms with Gasteiger partial charge in [-0.05, 0) is 93.4 Å². The molecule has 0 amide bonds. The molecule has 1 heterocycles. The maximum Gasteiger partial charge on any atom is 0.143 e. The van der Waals surface area contributed by atoms with Crippen molar-refractivity contribution in [1.82, 2.24) is 0 Å². The van der Waals surface area contributed by atoms with Gasteiger partial charge in [-0.1, -0.05) is 133 Å². The van der Waals surface area contributed by atoms with Crippen molar-refractivity contribution in [2.24, 2.45) is 0 Å². The Hall–Kier alpha value is -6.38. The second-order valence-corrected chi connectivity index (χ2v) is 12.2. The monoisotopic (exact) mass is 613 g/mol. The number of furan rings is 1. The Morgan fingerprint density at radius 1 is 0.312 bits per heavy atom. The topological polar surface area (TPSA) is 16.4 Å². The minimum atomic E-state index is 0.920. The molecule has 0 fully saturated rings. The summed E-state index contributed by atoms with van der Waals surface area (Å²) >= 11 is 0. The molecule has 0 saturated carbocycles. The lowest BCUT2D eigenvalue weighted by molar-refractivity contribution is 0.672. The Balaban J connectivity index is 1.08. The Labute approximate surface area is 279 Å². The smallest absolute Gasteiger partial charge is 0.143 e. The van der Waals surface area contributed by atoms with Gasteiger partial charge in [0.15, 0.2) is 0 Å². The van der Waals surface area contributed by atoms with Crippen molar-refractivity contribution in [3.8, 4) is 33.4 Å². The summed E-state index contributed by atoms with van der Waals surface area (Å²) in [4.78, 5) is 2.32. The molecule has 8 aromatic carbocycles. The van der Waals surface area contributed by atoms with Crippen LogP contribution in [0.3, 0.4) is 0 Å². The fourth-order valence-electron chi connectivity index (χ4n) is 6.82. The van der Waals surface area contributed by atoms with E-state index in [1.165, 1.54) is 27.6 Å². The van der Waals surface area contributed by atoms with Crippen LogP contribution in [0.15, 0.2) is 192 Å². The van der Waals surface area contributed by atoms with Gasteiger partial charge in [-0.3, -0.25) is 0 Å². The first-order chi connectivity index (χ1) is 23.8. The van der Waals surface area contributed by atoms with Gasteiger partial charge >= 0.3 is 0 Å². The first kappa shape index (κ1) is 27.9. The highest BCUT2D eigenvalue weighted by Gasteiger charge is 2.15. The fraction of sp³-hybridized carbons (Fsp3) is 0. The van der Waals surface area contributed by atoms with Crippen molar-refractivity contribution in [2.75, 3.05) is 4.90 Å². The van der Waals surface area contributed by atoms with E-state index < -0.39 is 0 Å². The van der Waals surface area contributed by atoms with Crippen molar-refractivity contribution in [1.29, 1.82) is 0 Å². The molecule has 0 aliphatic heterocycles. The highest BCUT2D eigenvalue weighted by atomic mass is 16.3. The number of hydrogen-bond acceptors (Lipinski definition) is 2. The van der Waals surface area contributed by atoms with E-state index >= 15 is 0 Å². The summed E-state index contributed by atoms with van der Waals surface area (Å²) in [6, 6.07) is 66.9. The number of hydrogen-bond donors (Lipinski definition) is 0. The van der Waals surface area contributed by atoms with Gasteiger partial charge in [-0.25, -0.2) is 0 Å². The summed E-state index contributed by atoms with van der Waals surface area (Å²) in [5.41, 5.74) is 12.3. The zero-order valence-corrected chi connectivity index (χ0v) is 26.3. The second kappa shape index (κ2) is 11.8. The molecular formula is C46H31NO. The summed E-state index contributed by atoms with van der Waals surface area (Å²) in [6.45, 7) is 0. The third kappa shape index (κ3) is 5.01. The van der Waals surface area contributed by atoms with Crippen LogP contribution in [0.25, 0.3) is 66.1 Å². The molecule has 0 aliphatic carbocycles. The number of rotatable bonds is 6. The summed E-state index contributed by atoms with van der Waals surface area (Å²) in [6.07, 6.45) is 0. The molecule has 0 aliphatic rings. The van der Waals surface area contributed by atoms with Gasteiger partial charge in [0.25, 0.3) is 0 Å². The van der Waals surface area contributed by atoms with E-state index in [1.807, 2.05) is 12.1 Å². The molecule has 0 bridgehead atoms. The van der Waals surface area contributed by atoms with Crippen LogP contribution in [0, 0.1) is 0 Å². The van der Waals surface area contributed by atoms with E-state index in [0.29, 0.717) is 0 Å². The van der Waals surface area contributed by atoms with Crippen LogP contribution in [0.5, 0.6) is 0 Å². The molecular weight excluding hydrogens is 583 g/mol. The van der Waals surface area contributed by atoms with E-state index in [1.54, 1.807) is 0 Å². The number of nitrogens with zero attached hydrogens (tertiary/aromatic N) is 1. The Morgan fingerprint density at radius 2 is 0.833 bits per heavy atom. The van der Waals surface area contributed by atoms with Crippen molar-refractivity contribution >= 4 is 49.8 Å². The summed E-state index contributed by atoms with van der Waals surface area (Å²) < 4.78 is 6.37. The van der Waals surface area contributed by atoms with Gasteiger partial charge in [0, 0.05) is 33.2 Å². The molecule has 0 unspecified atom stereocenters. The normalized spacial score (nSPS) is 11.3. The largest absolute Gasteiger partial charge is 0.455 e. The number of anilines is 3. The molecule has 2 heteroatoms. The molecule has 0 saturated heterocycles. The van der Waals surface area contributed by atoms with Crippen molar-refractivity contribution in [3.05, 3.63) is 188 Å². The van der Waals surface area contributed by atoms with Gasteiger partial charge in [-0.2, -0.15) is 0 Å². The van der Waals surface area contributed by atoms with Gasteiger partial charge in [0.1, 0.15) is 11.2 Å². The van der Waals surface area contributed by atoms with Crippen molar-refractivity contribution < 1.29 is 4.42 Å². The van der Waals surface area contributed by atoms with Crippen LogP contribution in [0.4, 0.5) is 17.1 Å². The molecule has 9 rings (SSSR count). The zero-order valence-electron chi connectivity index (χ0n) is 26.3. The first-order valence-corrected chi connectivity index (χ1v) is 16.3. The maximum absolute atomic E-state index is 6.37. The summed E-state index contributed by atoms with van der Waals surface area (Å²) in [5.74, 6) is 0. The van der Waals surface area contributed by atoms with Crippen LogP contribution >= 0.6 is 0 Å². The van der Waals surface area contributed by atoms with Gasteiger partial charge in [0.05, 0.1) is 0 Å². The van der Waals surface area contributed by atoms with Crippen LogP contribution in [-0.2, 0) is 0 Å². The average Bonchev–Trinajstić information content (AvgIpc) is 3.56. The van der Waals surface area contributed by atoms with Crippen molar-refractivity contribution in [3.63, 3.8) is 0 Å². The van der Waals surface area contributed by atoms with E-state index in [9.17, 15) is 0 Å². The van der Waals surface area contributed by atoms with Crippen LogP contribution in [0.2, 0.25) is 0 Å². The lowest BCUT2D eigenvalue weighted by atomic mass is 9.99. The lowest BCUT2D eigenvalue weighted by Gasteiger charge is -2.26. The number of para-hydroxylation sites is 2. The Kier molecular flexibility index (Phi) is 6.84. The minimum Gasteiger partial charge on any atom is -0.455 e. The average molecular weight is 614 g/mol. The van der Waals surface area contributed by atoms with Gasteiger partial charge in [0.2, 0.25) is 0 Å². The number of benzene rings is 8. The molecule has 48 heavy (non-hydrogen) atoms. The molecule has 226 valence electrons. The van der Waals surface area contributed by atoms with Crippen LogP contribution < -0.4 is 4.90 Å². The molecule has 0 N–H and O–H groups in total. The van der Waals surface area contributed by atoms with E-state index in [4.69, 9.17) is 4.42 Å².